The summed E-state index contributed by atoms with van der Waals surface area (Å²) >= 11 is 0. The number of rotatable bonds is 7. The molecule has 0 amide bonds. The van der Waals surface area contributed by atoms with E-state index in [9.17, 15) is 0 Å². The van der Waals surface area contributed by atoms with Crippen molar-refractivity contribution in [2.75, 3.05) is 24.7 Å². The van der Waals surface area contributed by atoms with E-state index in [0.29, 0.717) is 17.5 Å². The quantitative estimate of drug-likeness (QED) is 0.174. The first-order valence-electron chi connectivity index (χ1n) is 16.1. The largest absolute Gasteiger partial charge is 0.388 e. The van der Waals surface area contributed by atoms with E-state index in [2.05, 4.69) is 162 Å². The summed E-state index contributed by atoms with van der Waals surface area (Å²) in [5.74, 6) is 1.90. The first kappa shape index (κ1) is 29.1. The summed E-state index contributed by atoms with van der Waals surface area (Å²) < 4.78 is 0. The highest BCUT2D eigenvalue weighted by molar-refractivity contribution is 6.13. The van der Waals surface area contributed by atoms with Gasteiger partial charge in [0.05, 0.1) is 0 Å². The fraction of sp³-hybridized carbons (Fsp3) is 0.0465. The van der Waals surface area contributed by atoms with Crippen molar-refractivity contribution in [3.63, 3.8) is 0 Å². The standard InChI is InChI=1S/C43H33N5/c1-44-35-21-17-28(18-22-35)30-10-7-12-33(25-30)41-46-42(34-13-8-11-31(26-34)29-19-23-36(45-2)24-20-29)48-43(47-41)40-27-32-9-3-4-14-37(32)38-15-5-6-16-39(38)40/h3-27,44-45H,1-2H3. The van der Waals surface area contributed by atoms with E-state index < -0.39 is 0 Å². The van der Waals surface area contributed by atoms with Gasteiger partial charge < -0.3 is 10.6 Å². The predicted molar refractivity (Wildman–Crippen MR) is 201 cm³/mol. The van der Waals surface area contributed by atoms with Crippen LogP contribution in [-0.2, 0) is 0 Å². The van der Waals surface area contributed by atoms with Crippen molar-refractivity contribution in [2.45, 2.75) is 0 Å². The molecule has 5 nitrogen and oxygen atoms in total. The van der Waals surface area contributed by atoms with Crippen LogP contribution in [0.25, 0.3) is 78.0 Å². The van der Waals surface area contributed by atoms with Crippen molar-refractivity contribution in [1.29, 1.82) is 0 Å². The highest BCUT2D eigenvalue weighted by atomic mass is 15.0. The lowest BCUT2D eigenvalue weighted by molar-refractivity contribution is 1.08. The zero-order chi connectivity index (χ0) is 32.5. The Morgan fingerprint density at radius 2 is 0.812 bits per heavy atom. The van der Waals surface area contributed by atoms with Gasteiger partial charge >= 0.3 is 0 Å². The Labute approximate surface area is 280 Å². The molecule has 0 bridgehead atoms. The van der Waals surface area contributed by atoms with Gasteiger partial charge in [-0.25, -0.2) is 15.0 Å². The Morgan fingerprint density at radius 3 is 1.35 bits per heavy atom. The van der Waals surface area contributed by atoms with Crippen LogP contribution >= 0.6 is 0 Å². The molecule has 0 fully saturated rings. The lowest BCUT2D eigenvalue weighted by Crippen LogP contribution is -2.01. The molecule has 1 heterocycles. The van der Waals surface area contributed by atoms with Gasteiger partial charge in [-0.15, -0.1) is 0 Å². The zero-order valence-electron chi connectivity index (χ0n) is 26.8. The molecule has 48 heavy (non-hydrogen) atoms. The van der Waals surface area contributed by atoms with Gasteiger partial charge in [-0.1, -0.05) is 109 Å². The topological polar surface area (TPSA) is 62.7 Å². The fourth-order valence-corrected chi connectivity index (χ4v) is 6.33. The third-order valence-corrected chi connectivity index (χ3v) is 8.90. The van der Waals surface area contributed by atoms with Crippen molar-refractivity contribution < 1.29 is 0 Å². The molecule has 7 aromatic carbocycles. The number of fused-ring (bicyclic) bond motifs is 3. The molecule has 8 rings (SSSR count). The van der Waals surface area contributed by atoms with Crippen molar-refractivity contribution in [3.8, 4) is 56.4 Å². The molecule has 8 aromatic rings. The Hall–Kier alpha value is -6.33. The summed E-state index contributed by atoms with van der Waals surface area (Å²) in [5.41, 5.74) is 9.44. The molecule has 0 saturated carbocycles. The number of nitrogens with one attached hydrogen (secondary N) is 2. The Balaban J connectivity index is 1.32. The molecule has 0 spiro atoms. The van der Waals surface area contributed by atoms with E-state index in [0.717, 1.165) is 61.1 Å². The van der Waals surface area contributed by atoms with Gasteiger partial charge in [0.15, 0.2) is 17.5 Å². The minimum atomic E-state index is 0.629. The minimum absolute atomic E-state index is 0.629. The second-order valence-electron chi connectivity index (χ2n) is 11.8. The first-order chi connectivity index (χ1) is 23.7. The highest BCUT2D eigenvalue weighted by Gasteiger charge is 2.17. The monoisotopic (exact) mass is 619 g/mol. The Kier molecular flexibility index (Phi) is 7.55. The average molecular weight is 620 g/mol. The van der Waals surface area contributed by atoms with Gasteiger partial charge in [-0.2, -0.15) is 0 Å². The number of anilines is 2. The van der Waals surface area contributed by atoms with Crippen molar-refractivity contribution in [2.24, 2.45) is 0 Å². The maximum absolute atomic E-state index is 5.18. The molecule has 230 valence electrons. The van der Waals surface area contributed by atoms with E-state index in [1.54, 1.807) is 0 Å². The van der Waals surface area contributed by atoms with Crippen LogP contribution in [0.4, 0.5) is 11.4 Å². The summed E-state index contributed by atoms with van der Waals surface area (Å²) in [6.45, 7) is 0. The Bertz CT molecular complexity index is 2300. The normalized spacial score (nSPS) is 11.1. The second kappa shape index (κ2) is 12.5. The zero-order valence-corrected chi connectivity index (χ0v) is 26.8. The summed E-state index contributed by atoms with van der Waals surface area (Å²) in [6, 6.07) is 52.9. The van der Waals surface area contributed by atoms with Crippen LogP contribution in [0.1, 0.15) is 0 Å². The van der Waals surface area contributed by atoms with Crippen LogP contribution in [0.3, 0.4) is 0 Å². The van der Waals surface area contributed by atoms with E-state index in [-0.39, 0.29) is 0 Å². The number of hydrogen-bond donors (Lipinski definition) is 2. The number of benzene rings is 7. The summed E-state index contributed by atoms with van der Waals surface area (Å²) in [5, 5.41) is 11.0. The molecule has 0 aliphatic heterocycles. The van der Waals surface area contributed by atoms with E-state index >= 15 is 0 Å². The molecule has 0 saturated heterocycles. The van der Waals surface area contributed by atoms with Gasteiger partial charge in [0.1, 0.15) is 0 Å². The van der Waals surface area contributed by atoms with Crippen LogP contribution in [0.15, 0.2) is 152 Å². The fourth-order valence-electron chi connectivity index (χ4n) is 6.33. The molecule has 0 unspecified atom stereocenters. The molecule has 5 heteroatoms. The van der Waals surface area contributed by atoms with Gasteiger partial charge in [0, 0.05) is 42.2 Å². The van der Waals surface area contributed by atoms with Crippen LogP contribution in [-0.4, -0.2) is 29.0 Å². The third-order valence-electron chi connectivity index (χ3n) is 8.90. The van der Waals surface area contributed by atoms with Gasteiger partial charge in [0.25, 0.3) is 0 Å². The molecule has 2 N–H and O–H groups in total. The lowest BCUT2D eigenvalue weighted by Gasteiger charge is -2.13. The van der Waals surface area contributed by atoms with Crippen molar-refractivity contribution >= 4 is 32.9 Å². The van der Waals surface area contributed by atoms with Gasteiger partial charge in [-0.05, 0) is 86.3 Å². The van der Waals surface area contributed by atoms with Crippen LogP contribution in [0.2, 0.25) is 0 Å². The first-order valence-corrected chi connectivity index (χ1v) is 16.1. The molecular formula is C43H33N5. The maximum Gasteiger partial charge on any atom is 0.164 e. The van der Waals surface area contributed by atoms with Crippen LogP contribution in [0, 0.1) is 0 Å². The van der Waals surface area contributed by atoms with E-state index in [1.165, 1.54) is 10.8 Å². The number of aromatic nitrogens is 3. The second-order valence-corrected chi connectivity index (χ2v) is 11.8. The molecular weight excluding hydrogens is 587 g/mol. The number of hydrogen-bond acceptors (Lipinski definition) is 5. The summed E-state index contributed by atoms with van der Waals surface area (Å²) in [7, 11) is 3.86. The number of nitrogens with zero attached hydrogens (tertiary/aromatic N) is 3. The smallest absolute Gasteiger partial charge is 0.164 e. The Morgan fingerprint density at radius 1 is 0.354 bits per heavy atom. The maximum atomic E-state index is 5.18. The van der Waals surface area contributed by atoms with Crippen LogP contribution < -0.4 is 10.6 Å². The average Bonchev–Trinajstić information content (AvgIpc) is 3.17. The minimum Gasteiger partial charge on any atom is -0.388 e. The molecule has 0 atom stereocenters. The van der Waals surface area contributed by atoms with Gasteiger partial charge in [-0.3, -0.25) is 0 Å². The molecule has 1 aromatic heterocycles. The molecule has 0 aliphatic carbocycles. The third kappa shape index (κ3) is 5.52. The lowest BCUT2D eigenvalue weighted by atomic mass is 9.96. The van der Waals surface area contributed by atoms with E-state index in [1.807, 2.05) is 14.1 Å². The van der Waals surface area contributed by atoms with Gasteiger partial charge in [0.2, 0.25) is 0 Å². The summed E-state index contributed by atoms with van der Waals surface area (Å²) in [6.07, 6.45) is 0. The highest BCUT2D eigenvalue weighted by Crippen LogP contribution is 2.36. The summed E-state index contributed by atoms with van der Waals surface area (Å²) in [4.78, 5) is 15.5. The van der Waals surface area contributed by atoms with Crippen LogP contribution in [0.5, 0.6) is 0 Å². The molecule has 0 radical (unpaired) electrons. The molecule has 0 aliphatic rings. The van der Waals surface area contributed by atoms with Crippen molar-refractivity contribution in [1.82, 2.24) is 15.0 Å². The SMILES string of the molecule is CNc1ccc(-c2cccc(-c3nc(-c4cccc(-c5ccc(NC)cc5)c4)nc(-c4cc5ccccc5c5ccccc45)n3)c2)cc1. The van der Waals surface area contributed by atoms with E-state index in [4.69, 9.17) is 15.0 Å². The predicted octanol–water partition coefficient (Wildman–Crippen LogP) is 10.6. The van der Waals surface area contributed by atoms with Crippen molar-refractivity contribution in [3.05, 3.63) is 152 Å².